The number of likely N-dealkylation sites (N-methyl/N-ethyl adjacent to an activating group) is 1. The van der Waals surface area contributed by atoms with Gasteiger partial charge in [-0.3, -0.25) is 4.79 Å². The lowest BCUT2D eigenvalue weighted by Gasteiger charge is -2.24. The zero-order valence-electron chi connectivity index (χ0n) is 14.3. The predicted octanol–water partition coefficient (Wildman–Crippen LogP) is 2.78. The van der Waals surface area contributed by atoms with Crippen molar-refractivity contribution in [3.63, 3.8) is 0 Å². The molecule has 3 rings (SSSR count). The zero-order valence-corrected chi connectivity index (χ0v) is 14.3. The molecular weight excluding hydrogens is 300 g/mol. The number of nitrogens with zero attached hydrogens (tertiary/aromatic N) is 4. The van der Waals surface area contributed by atoms with Gasteiger partial charge in [-0.05, 0) is 44.4 Å². The van der Waals surface area contributed by atoms with Crippen LogP contribution < -0.4 is 4.90 Å². The first-order chi connectivity index (χ1) is 11.6. The van der Waals surface area contributed by atoms with Crippen LogP contribution in [0, 0.1) is 0 Å². The van der Waals surface area contributed by atoms with Gasteiger partial charge in [0.05, 0.1) is 17.4 Å². The number of carbonyl (C=O) groups is 1. The van der Waals surface area contributed by atoms with Gasteiger partial charge in [0.1, 0.15) is 0 Å². The maximum Gasteiger partial charge on any atom is 0.258 e. The number of rotatable bonds is 5. The van der Waals surface area contributed by atoms with E-state index in [2.05, 4.69) is 9.88 Å². The molecule has 24 heavy (non-hydrogen) atoms. The number of amides is 1. The first kappa shape index (κ1) is 16.2. The van der Waals surface area contributed by atoms with E-state index in [1.54, 1.807) is 6.33 Å². The number of imidazole rings is 1. The molecule has 0 saturated heterocycles. The Hall–Kier alpha value is -2.66. The van der Waals surface area contributed by atoms with Crippen molar-refractivity contribution in [3.8, 4) is 0 Å². The quantitative estimate of drug-likeness (QED) is 0.725. The summed E-state index contributed by atoms with van der Waals surface area (Å²) in [5.41, 5.74) is 3.42. The smallest absolute Gasteiger partial charge is 0.258 e. The summed E-state index contributed by atoms with van der Waals surface area (Å²) >= 11 is 0. The maximum atomic E-state index is 13.1. The van der Waals surface area contributed by atoms with Crippen LogP contribution in [0.15, 0.2) is 54.9 Å². The van der Waals surface area contributed by atoms with Crippen molar-refractivity contribution < 1.29 is 4.79 Å². The molecule has 5 nitrogen and oxygen atoms in total. The second-order valence-corrected chi connectivity index (χ2v) is 6.15. The lowest BCUT2D eigenvalue weighted by molar-refractivity contribution is 0.0985. The molecule has 0 aliphatic carbocycles. The van der Waals surface area contributed by atoms with Crippen LogP contribution in [-0.4, -0.2) is 47.5 Å². The van der Waals surface area contributed by atoms with Gasteiger partial charge in [0.25, 0.3) is 5.91 Å². The van der Waals surface area contributed by atoms with Crippen molar-refractivity contribution in [2.45, 2.75) is 0 Å². The van der Waals surface area contributed by atoms with Crippen LogP contribution in [0.2, 0.25) is 0 Å². The highest BCUT2D eigenvalue weighted by Gasteiger charge is 2.18. The molecule has 2 aromatic carbocycles. The molecule has 0 unspecified atom stereocenters. The van der Waals surface area contributed by atoms with Crippen molar-refractivity contribution in [2.24, 2.45) is 7.05 Å². The van der Waals surface area contributed by atoms with E-state index in [4.69, 9.17) is 0 Å². The fourth-order valence-electron chi connectivity index (χ4n) is 2.68. The standard InChI is InChI=1S/C19H22N4O/c1-21(2)11-12-23(16-7-5-4-6-8-16)19(24)15-9-10-18-17(13-15)20-14-22(18)3/h4-10,13-14H,11-12H2,1-3H3. The minimum Gasteiger partial charge on any atom is -0.334 e. The summed E-state index contributed by atoms with van der Waals surface area (Å²) in [5, 5.41) is 0. The number of aromatic nitrogens is 2. The monoisotopic (exact) mass is 322 g/mol. The Morgan fingerprint density at radius 3 is 2.54 bits per heavy atom. The SMILES string of the molecule is CN(C)CCN(C(=O)c1ccc2c(c1)ncn2C)c1ccccc1. The number of carbonyl (C=O) groups excluding carboxylic acids is 1. The second kappa shape index (κ2) is 6.84. The van der Waals surface area contributed by atoms with Crippen molar-refractivity contribution >= 4 is 22.6 Å². The van der Waals surface area contributed by atoms with E-state index in [0.717, 1.165) is 23.3 Å². The minimum atomic E-state index is -0.00407. The Kier molecular flexibility index (Phi) is 4.62. The molecule has 0 aliphatic heterocycles. The first-order valence-corrected chi connectivity index (χ1v) is 7.99. The van der Waals surface area contributed by atoms with E-state index < -0.39 is 0 Å². The number of para-hydroxylation sites is 1. The highest BCUT2D eigenvalue weighted by Crippen LogP contribution is 2.19. The molecule has 0 aliphatic rings. The van der Waals surface area contributed by atoms with Gasteiger partial charge >= 0.3 is 0 Å². The third kappa shape index (κ3) is 3.31. The highest BCUT2D eigenvalue weighted by molar-refractivity contribution is 6.07. The third-order valence-electron chi connectivity index (χ3n) is 4.06. The van der Waals surface area contributed by atoms with E-state index in [9.17, 15) is 4.79 Å². The fourth-order valence-corrected chi connectivity index (χ4v) is 2.68. The molecule has 5 heteroatoms. The van der Waals surface area contributed by atoms with Crippen LogP contribution >= 0.6 is 0 Å². The molecule has 0 bridgehead atoms. The maximum absolute atomic E-state index is 13.1. The van der Waals surface area contributed by atoms with Crippen molar-refractivity contribution in [2.75, 3.05) is 32.1 Å². The number of hydrogen-bond acceptors (Lipinski definition) is 3. The number of fused-ring (bicyclic) bond motifs is 1. The lowest BCUT2D eigenvalue weighted by Crippen LogP contribution is -2.36. The Morgan fingerprint density at radius 1 is 1.08 bits per heavy atom. The van der Waals surface area contributed by atoms with Gasteiger partial charge in [0, 0.05) is 31.4 Å². The fraction of sp³-hybridized carbons (Fsp3) is 0.263. The van der Waals surface area contributed by atoms with Crippen LogP contribution in [0.4, 0.5) is 5.69 Å². The number of benzene rings is 2. The largest absolute Gasteiger partial charge is 0.334 e. The topological polar surface area (TPSA) is 41.4 Å². The van der Waals surface area contributed by atoms with Crippen LogP contribution in [0.3, 0.4) is 0 Å². The zero-order chi connectivity index (χ0) is 17.1. The summed E-state index contributed by atoms with van der Waals surface area (Å²) in [7, 11) is 5.96. The summed E-state index contributed by atoms with van der Waals surface area (Å²) in [6, 6.07) is 15.5. The molecule has 0 spiro atoms. The van der Waals surface area contributed by atoms with Crippen LogP contribution in [0.1, 0.15) is 10.4 Å². The molecule has 1 amide bonds. The molecule has 0 N–H and O–H groups in total. The molecule has 1 aromatic heterocycles. The number of aryl methyl sites for hydroxylation is 1. The van der Waals surface area contributed by atoms with Gasteiger partial charge in [-0.25, -0.2) is 4.98 Å². The summed E-state index contributed by atoms with van der Waals surface area (Å²) in [4.78, 5) is 21.3. The summed E-state index contributed by atoms with van der Waals surface area (Å²) in [6.07, 6.45) is 1.76. The molecule has 0 atom stereocenters. The molecule has 0 saturated carbocycles. The van der Waals surface area contributed by atoms with E-state index in [1.165, 1.54) is 0 Å². The lowest BCUT2D eigenvalue weighted by atomic mass is 10.1. The van der Waals surface area contributed by atoms with Gasteiger partial charge in [0.2, 0.25) is 0 Å². The molecule has 124 valence electrons. The molecule has 0 fully saturated rings. The Labute approximate surface area is 142 Å². The van der Waals surface area contributed by atoms with E-state index in [1.807, 2.05) is 79.1 Å². The summed E-state index contributed by atoms with van der Waals surface area (Å²) in [5.74, 6) is -0.00407. The van der Waals surface area contributed by atoms with Crippen LogP contribution in [-0.2, 0) is 7.05 Å². The predicted molar refractivity (Wildman–Crippen MR) is 97.4 cm³/mol. The van der Waals surface area contributed by atoms with Crippen LogP contribution in [0.25, 0.3) is 11.0 Å². The van der Waals surface area contributed by atoms with Gasteiger partial charge in [0.15, 0.2) is 0 Å². The van der Waals surface area contributed by atoms with Gasteiger partial charge in [-0.15, -0.1) is 0 Å². The third-order valence-corrected chi connectivity index (χ3v) is 4.06. The van der Waals surface area contributed by atoms with Crippen molar-refractivity contribution in [3.05, 3.63) is 60.4 Å². The van der Waals surface area contributed by atoms with Gasteiger partial charge in [-0.1, -0.05) is 18.2 Å². The Balaban J connectivity index is 1.94. The van der Waals surface area contributed by atoms with Crippen molar-refractivity contribution in [1.82, 2.24) is 14.5 Å². The number of anilines is 1. The Morgan fingerprint density at radius 2 is 1.83 bits per heavy atom. The Bertz CT molecular complexity index is 839. The summed E-state index contributed by atoms with van der Waals surface area (Å²) in [6.45, 7) is 1.43. The summed E-state index contributed by atoms with van der Waals surface area (Å²) < 4.78 is 1.95. The minimum absolute atomic E-state index is 0.00407. The molecule has 0 radical (unpaired) electrons. The second-order valence-electron chi connectivity index (χ2n) is 6.15. The van der Waals surface area contributed by atoms with E-state index >= 15 is 0 Å². The molecule has 3 aromatic rings. The van der Waals surface area contributed by atoms with E-state index in [0.29, 0.717) is 12.1 Å². The van der Waals surface area contributed by atoms with Gasteiger partial charge in [-0.2, -0.15) is 0 Å². The normalized spacial score (nSPS) is 11.2. The first-order valence-electron chi connectivity index (χ1n) is 7.99. The van der Waals surface area contributed by atoms with Gasteiger partial charge < -0.3 is 14.4 Å². The average Bonchev–Trinajstić information content (AvgIpc) is 2.96. The highest BCUT2D eigenvalue weighted by atomic mass is 16.2. The van der Waals surface area contributed by atoms with E-state index in [-0.39, 0.29) is 5.91 Å². The number of hydrogen-bond donors (Lipinski definition) is 0. The average molecular weight is 322 g/mol. The van der Waals surface area contributed by atoms with Crippen LogP contribution in [0.5, 0.6) is 0 Å². The van der Waals surface area contributed by atoms with Crippen molar-refractivity contribution in [1.29, 1.82) is 0 Å². The molecule has 1 heterocycles. The molecular formula is C19H22N4O.